The number of nitrogens with zero attached hydrogens (tertiary/aromatic N) is 2. The Morgan fingerprint density at radius 2 is 1.14 bits per heavy atom. The van der Waals surface area contributed by atoms with Crippen molar-refractivity contribution < 1.29 is 0 Å². The fraction of sp³-hybridized carbons (Fsp3) is 0.0980. The van der Waals surface area contributed by atoms with Gasteiger partial charge in [-0.3, -0.25) is 0 Å². The molecule has 2 aromatic heterocycles. The summed E-state index contributed by atoms with van der Waals surface area (Å²) in [6.07, 6.45) is 7.03. The van der Waals surface area contributed by atoms with Gasteiger partial charge in [0.2, 0.25) is 0 Å². The molecule has 0 saturated heterocycles. The van der Waals surface area contributed by atoms with Crippen molar-refractivity contribution in [3.8, 4) is 16.8 Å². The van der Waals surface area contributed by atoms with Crippen LogP contribution in [0.4, 0.5) is 0 Å². The second-order valence-electron chi connectivity index (χ2n) is 14.2. The van der Waals surface area contributed by atoms with Crippen molar-refractivity contribution in [1.82, 2.24) is 14.5 Å². The van der Waals surface area contributed by atoms with Crippen LogP contribution in [0.3, 0.4) is 0 Å². The molecule has 0 radical (unpaired) electrons. The van der Waals surface area contributed by atoms with Crippen LogP contribution < -0.4 is 16.8 Å². The Morgan fingerprint density at radius 1 is 0.571 bits per heavy atom. The molecule has 0 fully saturated rings. The molecule has 5 heteroatoms. The van der Waals surface area contributed by atoms with Gasteiger partial charge in [0.1, 0.15) is 0 Å². The number of rotatable bonds is 6. The Balaban J connectivity index is 0.000000135. The molecule has 9 aromatic rings. The van der Waals surface area contributed by atoms with Crippen molar-refractivity contribution in [2.24, 2.45) is 18.5 Å². The molecule has 0 bridgehead atoms. The molecule has 0 saturated carbocycles. The van der Waals surface area contributed by atoms with Gasteiger partial charge >= 0.3 is 0 Å². The van der Waals surface area contributed by atoms with Gasteiger partial charge in [-0.1, -0.05) is 146 Å². The highest BCUT2D eigenvalue weighted by atomic mass is 15.0. The zero-order chi connectivity index (χ0) is 38.3. The van der Waals surface area contributed by atoms with Crippen molar-refractivity contribution in [3.05, 3.63) is 211 Å². The molecule has 10 rings (SSSR count). The first-order valence-electron chi connectivity index (χ1n) is 19.3. The SMILES string of the molecule is Cn1c2ccccc2c2cc3c4ccccc4n(-c4ccccc4)c3cc21.NC(CC1=CC=CNC1)c1ccc(-c2ccccc2)cc1.NCc1ccccc1. The van der Waals surface area contributed by atoms with Gasteiger partial charge in [-0.2, -0.15) is 0 Å². The number of benzene rings is 7. The van der Waals surface area contributed by atoms with Gasteiger partial charge in [0.15, 0.2) is 0 Å². The van der Waals surface area contributed by atoms with Crippen molar-refractivity contribution in [3.63, 3.8) is 0 Å². The standard InChI is InChI=1S/C25H18N2.C19H20N2.C7H9N/c1-26-22-13-7-5-11-18(22)20-15-21-19-12-6-8-14-23(19)27(25(21)16-24(20)26)17-9-3-2-4-10-17;20-19(13-15-5-4-12-21-14-15)18-10-8-17(9-11-18)16-6-2-1-3-7-16;8-6-7-4-2-1-3-5-7/h2-16H,1H3;1-12,19,21H,13-14,20H2;1-5H,6,8H2. The summed E-state index contributed by atoms with van der Waals surface area (Å²) in [4.78, 5) is 0. The first kappa shape index (κ1) is 36.3. The van der Waals surface area contributed by atoms with Crippen molar-refractivity contribution in [2.45, 2.75) is 19.0 Å². The number of aryl methyl sites for hydroxylation is 1. The van der Waals surface area contributed by atoms with Crippen LogP contribution in [-0.4, -0.2) is 15.7 Å². The van der Waals surface area contributed by atoms with Gasteiger partial charge in [-0.15, -0.1) is 0 Å². The molecule has 276 valence electrons. The maximum absolute atomic E-state index is 6.32. The van der Waals surface area contributed by atoms with Crippen LogP contribution in [0.1, 0.15) is 23.6 Å². The summed E-state index contributed by atoms with van der Waals surface area (Å²) >= 11 is 0. The zero-order valence-corrected chi connectivity index (χ0v) is 31.7. The van der Waals surface area contributed by atoms with Gasteiger partial charge in [0, 0.05) is 58.9 Å². The van der Waals surface area contributed by atoms with Gasteiger partial charge in [-0.25, -0.2) is 0 Å². The first-order valence-corrected chi connectivity index (χ1v) is 19.3. The van der Waals surface area contributed by atoms with E-state index >= 15 is 0 Å². The van der Waals surface area contributed by atoms with E-state index in [4.69, 9.17) is 11.5 Å². The summed E-state index contributed by atoms with van der Waals surface area (Å²) < 4.78 is 4.68. The minimum atomic E-state index is 0.0503. The number of para-hydroxylation sites is 3. The highest BCUT2D eigenvalue weighted by Gasteiger charge is 2.16. The van der Waals surface area contributed by atoms with Gasteiger partial charge in [0.05, 0.1) is 16.6 Å². The first-order chi connectivity index (χ1) is 27.6. The number of nitrogens with two attached hydrogens (primary N) is 2. The van der Waals surface area contributed by atoms with Crippen LogP contribution in [-0.2, 0) is 13.6 Å². The number of hydrogen-bond acceptors (Lipinski definition) is 3. The smallest absolute Gasteiger partial charge is 0.0562 e. The van der Waals surface area contributed by atoms with Crippen molar-refractivity contribution >= 4 is 43.6 Å². The maximum atomic E-state index is 6.32. The molecule has 0 amide bonds. The summed E-state index contributed by atoms with van der Waals surface area (Å²) in [7, 11) is 2.16. The Kier molecular flexibility index (Phi) is 10.9. The normalized spacial score (nSPS) is 12.7. The van der Waals surface area contributed by atoms with Crippen LogP contribution in [0.5, 0.6) is 0 Å². The van der Waals surface area contributed by atoms with Crippen LogP contribution >= 0.6 is 0 Å². The monoisotopic (exact) mass is 729 g/mol. The molecule has 0 spiro atoms. The molecular formula is C51H47N5. The largest absolute Gasteiger partial charge is 0.387 e. The molecule has 5 nitrogen and oxygen atoms in total. The number of aromatic nitrogens is 2. The van der Waals surface area contributed by atoms with Crippen LogP contribution in [0.15, 0.2) is 200 Å². The van der Waals surface area contributed by atoms with Crippen LogP contribution in [0.2, 0.25) is 0 Å². The molecule has 3 heterocycles. The highest BCUT2D eigenvalue weighted by Crippen LogP contribution is 2.37. The van der Waals surface area contributed by atoms with E-state index in [0.29, 0.717) is 6.54 Å². The highest BCUT2D eigenvalue weighted by molar-refractivity contribution is 6.18. The van der Waals surface area contributed by atoms with E-state index in [0.717, 1.165) is 13.0 Å². The lowest BCUT2D eigenvalue weighted by Crippen LogP contribution is -2.18. The summed E-state index contributed by atoms with van der Waals surface area (Å²) in [5.74, 6) is 0. The van der Waals surface area contributed by atoms with E-state index in [1.165, 1.54) is 77.1 Å². The number of nitrogens with one attached hydrogen (secondary N) is 1. The van der Waals surface area contributed by atoms with Crippen molar-refractivity contribution in [1.29, 1.82) is 0 Å². The van der Waals surface area contributed by atoms with E-state index < -0.39 is 0 Å². The quantitative estimate of drug-likeness (QED) is 0.160. The number of dihydropyridines is 1. The number of fused-ring (bicyclic) bond motifs is 6. The summed E-state index contributed by atoms with van der Waals surface area (Å²) in [5.41, 5.74) is 24.1. The van der Waals surface area contributed by atoms with Crippen LogP contribution in [0, 0.1) is 0 Å². The van der Waals surface area contributed by atoms with E-state index in [9.17, 15) is 0 Å². The van der Waals surface area contributed by atoms with Gasteiger partial charge in [-0.05, 0) is 82.9 Å². The van der Waals surface area contributed by atoms with E-state index in [1.54, 1.807) is 0 Å². The maximum Gasteiger partial charge on any atom is 0.0562 e. The minimum absolute atomic E-state index is 0.0503. The predicted octanol–water partition coefficient (Wildman–Crippen LogP) is 11.4. The average Bonchev–Trinajstić information content (AvgIpc) is 3.75. The molecular weight excluding hydrogens is 683 g/mol. The lowest BCUT2D eigenvalue weighted by molar-refractivity contribution is 0.690. The second-order valence-corrected chi connectivity index (χ2v) is 14.2. The third-order valence-electron chi connectivity index (χ3n) is 10.6. The molecule has 1 aliphatic rings. The summed E-state index contributed by atoms with van der Waals surface area (Å²) in [6, 6.07) is 61.7. The number of allylic oxidation sites excluding steroid dienone is 2. The molecule has 5 N–H and O–H groups in total. The van der Waals surface area contributed by atoms with E-state index in [1.807, 2.05) is 48.7 Å². The molecule has 7 aromatic carbocycles. The molecule has 1 aliphatic heterocycles. The molecule has 1 atom stereocenters. The molecule has 56 heavy (non-hydrogen) atoms. The van der Waals surface area contributed by atoms with E-state index in [2.05, 4.69) is 167 Å². The Hall–Kier alpha value is -6.66. The Morgan fingerprint density at radius 3 is 1.79 bits per heavy atom. The minimum Gasteiger partial charge on any atom is -0.387 e. The van der Waals surface area contributed by atoms with E-state index in [-0.39, 0.29) is 6.04 Å². The summed E-state index contributed by atoms with van der Waals surface area (Å²) in [5, 5.41) is 8.45. The average molecular weight is 730 g/mol. The zero-order valence-electron chi connectivity index (χ0n) is 31.7. The Bertz CT molecular complexity index is 2760. The Labute approximate surface area is 328 Å². The fourth-order valence-corrected chi connectivity index (χ4v) is 7.69. The predicted molar refractivity (Wildman–Crippen MR) is 238 cm³/mol. The molecule has 0 aliphatic carbocycles. The second kappa shape index (κ2) is 16.8. The van der Waals surface area contributed by atoms with Crippen LogP contribution in [0.25, 0.3) is 60.4 Å². The van der Waals surface area contributed by atoms with Gasteiger partial charge in [0.25, 0.3) is 0 Å². The van der Waals surface area contributed by atoms with Crippen molar-refractivity contribution in [2.75, 3.05) is 6.54 Å². The third-order valence-corrected chi connectivity index (χ3v) is 10.6. The van der Waals surface area contributed by atoms with Gasteiger partial charge < -0.3 is 25.9 Å². The fourth-order valence-electron chi connectivity index (χ4n) is 7.69. The topological polar surface area (TPSA) is 73.9 Å². The number of hydrogen-bond donors (Lipinski definition) is 3. The third kappa shape index (κ3) is 7.64. The molecule has 1 unspecified atom stereocenters. The summed E-state index contributed by atoms with van der Waals surface area (Å²) in [6.45, 7) is 1.53. The lowest BCUT2D eigenvalue weighted by atomic mass is 9.96. The lowest BCUT2D eigenvalue weighted by Gasteiger charge is -2.17.